The zero-order valence-electron chi connectivity index (χ0n) is 13.7. The van der Waals surface area contributed by atoms with Gasteiger partial charge in [-0.1, -0.05) is 36.4 Å². The maximum absolute atomic E-state index is 13.9. The minimum atomic E-state index is -1.07. The van der Waals surface area contributed by atoms with Crippen molar-refractivity contribution in [2.75, 3.05) is 6.54 Å². The van der Waals surface area contributed by atoms with Crippen LogP contribution in [0.1, 0.15) is 22.3 Å². The van der Waals surface area contributed by atoms with Crippen molar-refractivity contribution in [3.63, 3.8) is 0 Å². The predicted octanol–water partition coefficient (Wildman–Crippen LogP) is 2.19. The molecule has 26 heavy (non-hydrogen) atoms. The third-order valence-electron chi connectivity index (χ3n) is 3.36. The van der Waals surface area contributed by atoms with E-state index < -0.39 is 23.6 Å². The molecule has 0 aliphatic heterocycles. The van der Waals surface area contributed by atoms with Crippen LogP contribution >= 0.6 is 0 Å². The summed E-state index contributed by atoms with van der Waals surface area (Å²) in [6, 6.07) is 14.0. The average Bonchev–Trinajstić information content (AvgIpc) is 2.63. The Bertz CT molecular complexity index is 834. The molecule has 134 valence electrons. The molecule has 0 saturated heterocycles. The van der Waals surface area contributed by atoms with Gasteiger partial charge in [-0.3, -0.25) is 14.4 Å². The molecule has 0 aromatic heterocycles. The number of hydrogen-bond acceptors (Lipinski definition) is 3. The Morgan fingerprint density at radius 3 is 2.31 bits per heavy atom. The van der Waals surface area contributed by atoms with Gasteiger partial charge in [0.2, 0.25) is 0 Å². The Morgan fingerprint density at radius 1 is 1.00 bits per heavy atom. The van der Waals surface area contributed by atoms with Gasteiger partial charge in [0.25, 0.3) is 11.8 Å². The van der Waals surface area contributed by atoms with Gasteiger partial charge < -0.3 is 15.7 Å². The second kappa shape index (κ2) is 9.12. The lowest BCUT2D eigenvalue weighted by molar-refractivity contribution is -0.136. The number of nitrogens with one attached hydrogen (secondary N) is 2. The predicted molar refractivity (Wildman–Crippen MR) is 93.5 cm³/mol. The van der Waals surface area contributed by atoms with Crippen LogP contribution in [-0.2, 0) is 9.59 Å². The molecule has 0 bridgehead atoms. The Hall–Kier alpha value is -3.48. The summed E-state index contributed by atoms with van der Waals surface area (Å²) in [6.45, 7) is -0.121. The van der Waals surface area contributed by atoms with Gasteiger partial charge in [-0.05, 0) is 24.3 Å². The molecular weight excluding hydrogens is 339 g/mol. The summed E-state index contributed by atoms with van der Waals surface area (Å²) in [5.74, 6) is -2.88. The van der Waals surface area contributed by atoms with Crippen molar-refractivity contribution < 1.29 is 23.9 Å². The highest BCUT2D eigenvalue weighted by Gasteiger charge is 2.15. The lowest BCUT2D eigenvalue weighted by atomic mass is 10.1. The molecule has 0 aliphatic rings. The molecule has 0 radical (unpaired) electrons. The standard InChI is InChI=1S/C19H17FN2O4/c20-15-9-5-4-8-14(15)12-16(19(26)21-11-10-17(23)24)22-18(25)13-6-2-1-3-7-13/h1-9,12H,10-11H2,(H,21,26)(H,22,25)(H,23,24)/b16-12+. The van der Waals surface area contributed by atoms with Crippen LogP contribution in [0.4, 0.5) is 4.39 Å². The first kappa shape index (κ1) is 18.9. The van der Waals surface area contributed by atoms with Crippen LogP contribution in [0.25, 0.3) is 6.08 Å². The lowest BCUT2D eigenvalue weighted by Gasteiger charge is -2.11. The van der Waals surface area contributed by atoms with Gasteiger partial charge in [-0.15, -0.1) is 0 Å². The lowest BCUT2D eigenvalue weighted by Crippen LogP contribution is -2.35. The minimum Gasteiger partial charge on any atom is -0.481 e. The number of hydrogen-bond donors (Lipinski definition) is 3. The second-order valence-electron chi connectivity index (χ2n) is 5.30. The van der Waals surface area contributed by atoms with E-state index in [9.17, 15) is 18.8 Å². The minimum absolute atomic E-state index is 0.115. The molecule has 0 heterocycles. The first-order chi connectivity index (χ1) is 12.5. The summed E-state index contributed by atoms with van der Waals surface area (Å²) in [5, 5.41) is 13.5. The molecule has 3 N–H and O–H groups in total. The van der Waals surface area contributed by atoms with E-state index in [-0.39, 0.29) is 24.2 Å². The van der Waals surface area contributed by atoms with Crippen molar-refractivity contribution in [1.29, 1.82) is 0 Å². The fourth-order valence-electron chi connectivity index (χ4n) is 2.07. The Kier molecular flexibility index (Phi) is 6.61. The quantitative estimate of drug-likeness (QED) is 0.663. The van der Waals surface area contributed by atoms with E-state index in [0.717, 1.165) is 0 Å². The van der Waals surface area contributed by atoms with E-state index in [1.165, 1.54) is 24.3 Å². The van der Waals surface area contributed by atoms with Crippen molar-refractivity contribution in [3.8, 4) is 0 Å². The Morgan fingerprint density at radius 2 is 1.65 bits per heavy atom. The maximum atomic E-state index is 13.9. The van der Waals surface area contributed by atoms with Crippen LogP contribution in [0, 0.1) is 5.82 Å². The van der Waals surface area contributed by atoms with E-state index in [1.807, 2.05) is 0 Å². The molecule has 0 saturated carbocycles. The topological polar surface area (TPSA) is 95.5 Å². The highest BCUT2D eigenvalue weighted by molar-refractivity contribution is 6.05. The fraction of sp³-hybridized carbons (Fsp3) is 0.105. The smallest absolute Gasteiger partial charge is 0.305 e. The summed E-state index contributed by atoms with van der Waals surface area (Å²) >= 11 is 0. The highest BCUT2D eigenvalue weighted by Crippen LogP contribution is 2.11. The monoisotopic (exact) mass is 356 g/mol. The van der Waals surface area contributed by atoms with Gasteiger partial charge in [0.05, 0.1) is 6.42 Å². The van der Waals surface area contributed by atoms with E-state index in [0.29, 0.717) is 5.56 Å². The SMILES string of the molecule is O=C(O)CCNC(=O)/C(=C\c1ccccc1F)NC(=O)c1ccccc1. The van der Waals surface area contributed by atoms with Crippen LogP contribution in [0.15, 0.2) is 60.3 Å². The number of carbonyl (C=O) groups is 3. The first-order valence-electron chi connectivity index (χ1n) is 7.80. The van der Waals surface area contributed by atoms with Gasteiger partial charge in [0.15, 0.2) is 0 Å². The summed E-state index contributed by atoms with van der Waals surface area (Å²) < 4.78 is 13.9. The first-order valence-corrected chi connectivity index (χ1v) is 7.80. The number of carboxylic acids is 1. The molecule has 2 aromatic carbocycles. The molecule has 0 spiro atoms. The van der Waals surface area contributed by atoms with Crippen LogP contribution in [0.5, 0.6) is 0 Å². The number of aliphatic carboxylic acids is 1. The Labute approximate surface area is 149 Å². The number of benzene rings is 2. The normalized spacial score (nSPS) is 10.9. The van der Waals surface area contributed by atoms with Crippen LogP contribution in [0.2, 0.25) is 0 Å². The zero-order chi connectivity index (χ0) is 18.9. The van der Waals surface area contributed by atoms with Crippen molar-refractivity contribution in [2.45, 2.75) is 6.42 Å². The molecule has 7 heteroatoms. The van der Waals surface area contributed by atoms with Crippen molar-refractivity contribution in [3.05, 3.63) is 77.2 Å². The largest absolute Gasteiger partial charge is 0.481 e. The number of amides is 2. The number of halogens is 1. The molecule has 2 rings (SSSR count). The number of rotatable bonds is 7. The second-order valence-corrected chi connectivity index (χ2v) is 5.30. The summed E-state index contributed by atoms with van der Waals surface area (Å²) in [4.78, 5) is 35.2. The molecule has 0 aliphatic carbocycles. The number of carboxylic acid groups (broad SMARTS) is 1. The fourth-order valence-corrected chi connectivity index (χ4v) is 2.07. The van der Waals surface area contributed by atoms with Crippen molar-refractivity contribution in [1.82, 2.24) is 10.6 Å². The van der Waals surface area contributed by atoms with Gasteiger partial charge in [0.1, 0.15) is 11.5 Å². The molecule has 0 unspecified atom stereocenters. The molecule has 2 amide bonds. The summed E-state index contributed by atoms with van der Waals surface area (Å²) in [6.07, 6.45) is 0.928. The Balaban J connectivity index is 2.23. The molecule has 2 aromatic rings. The molecule has 0 fully saturated rings. The van der Waals surface area contributed by atoms with Gasteiger partial charge in [-0.25, -0.2) is 4.39 Å². The van der Waals surface area contributed by atoms with Gasteiger partial charge in [-0.2, -0.15) is 0 Å². The van der Waals surface area contributed by atoms with Crippen LogP contribution in [-0.4, -0.2) is 29.4 Å². The maximum Gasteiger partial charge on any atom is 0.305 e. The number of carbonyl (C=O) groups excluding carboxylic acids is 2. The van der Waals surface area contributed by atoms with E-state index >= 15 is 0 Å². The molecule has 0 atom stereocenters. The molecule has 6 nitrogen and oxygen atoms in total. The van der Waals surface area contributed by atoms with Crippen molar-refractivity contribution in [2.24, 2.45) is 0 Å². The van der Waals surface area contributed by atoms with Gasteiger partial charge in [0, 0.05) is 17.7 Å². The van der Waals surface area contributed by atoms with E-state index in [4.69, 9.17) is 5.11 Å². The van der Waals surface area contributed by atoms with Crippen molar-refractivity contribution >= 4 is 23.9 Å². The van der Waals surface area contributed by atoms with Gasteiger partial charge >= 0.3 is 5.97 Å². The highest BCUT2D eigenvalue weighted by atomic mass is 19.1. The third kappa shape index (κ3) is 5.55. The van der Waals surface area contributed by atoms with Crippen LogP contribution < -0.4 is 10.6 Å². The molecular formula is C19H17FN2O4. The van der Waals surface area contributed by atoms with Crippen LogP contribution in [0.3, 0.4) is 0 Å². The summed E-state index contributed by atoms with van der Waals surface area (Å²) in [7, 11) is 0. The average molecular weight is 356 g/mol. The third-order valence-corrected chi connectivity index (χ3v) is 3.36. The van der Waals surface area contributed by atoms with E-state index in [2.05, 4.69) is 10.6 Å². The van der Waals surface area contributed by atoms with E-state index in [1.54, 1.807) is 36.4 Å². The summed E-state index contributed by atoms with van der Waals surface area (Å²) in [5.41, 5.74) is 0.254. The zero-order valence-corrected chi connectivity index (χ0v) is 13.7.